The summed E-state index contributed by atoms with van der Waals surface area (Å²) >= 11 is 0. The summed E-state index contributed by atoms with van der Waals surface area (Å²) in [6, 6.07) is 17.7. The molecule has 0 aliphatic rings. The fourth-order valence-corrected chi connectivity index (χ4v) is 4.12. The summed E-state index contributed by atoms with van der Waals surface area (Å²) in [5, 5.41) is 0. The third-order valence-electron chi connectivity index (χ3n) is 6.10. The maximum atomic E-state index is 9.32. The van der Waals surface area contributed by atoms with Crippen LogP contribution in [0.15, 0.2) is 59.7 Å². The maximum absolute atomic E-state index is 9.32. The third kappa shape index (κ3) is 8.68. The van der Waals surface area contributed by atoms with Crippen LogP contribution in [0.2, 0.25) is 0 Å². The van der Waals surface area contributed by atoms with Gasteiger partial charge in [0.25, 0.3) is 0 Å². The van der Waals surface area contributed by atoms with Crippen LogP contribution in [-0.2, 0) is 12.8 Å². The van der Waals surface area contributed by atoms with Crippen molar-refractivity contribution in [3.63, 3.8) is 0 Å². The minimum Gasteiger partial charge on any atom is -0.348 e. The molecule has 0 heterocycles. The Labute approximate surface area is 207 Å². The van der Waals surface area contributed by atoms with Gasteiger partial charge in [-0.25, -0.2) is 0 Å². The van der Waals surface area contributed by atoms with E-state index < -0.39 is 0 Å². The van der Waals surface area contributed by atoms with E-state index in [0.717, 1.165) is 43.3 Å². The van der Waals surface area contributed by atoms with Crippen LogP contribution in [0.4, 0.5) is 0 Å². The molecule has 2 aromatic rings. The molecule has 0 saturated carbocycles. The van der Waals surface area contributed by atoms with Crippen molar-refractivity contribution in [3.8, 4) is 11.8 Å². The van der Waals surface area contributed by atoms with Crippen molar-refractivity contribution >= 4 is 11.4 Å². The number of benzene rings is 2. The lowest BCUT2D eigenvalue weighted by molar-refractivity contribution is 0.00772. The molecule has 2 heteroatoms. The van der Waals surface area contributed by atoms with Gasteiger partial charge >= 0.3 is 5.87 Å². The van der Waals surface area contributed by atoms with Crippen molar-refractivity contribution in [1.82, 2.24) is 0 Å². The van der Waals surface area contributed by atoms with Gasteiger partial charge in [-0.1, -0.05) is 107 Å². The van der Waals surface area contributed by atoms with E-state index in [4.69, 9.17) is 0 Å². The Balaban J connectivity index is 2.64. The largest absolute Gasteiger partial charge is 0.348 e. The van der Waals surface area contributed by atoms with Gasteiger partial charge in [0.05, 0.1) is 0 Å². The Kier molecular flexibility index (Phi) is 12.5. The lowest BCUT2D eigenvalue weighted by Gasteiger charge is -2.15. The van der Waals surface area contributed by atoms with Crippen LogP contribution in [0.3, 0.4) is 0 Å². The lowest BCUT2D eigenvalue weighted by atomic mass is 9.88. The first kappa shape index (κ1) is 27.1. The number of hydrogen-bond donors (Lipinski definition) is 0. The summed E-state index contributed by atoms with van der Waals surface area (Å²) in [7, 11) is 0. The zero-order chi connectivity index (χ0) is 24.6. The molecule has 2 rings (SSSR count). The molecule has 0 spiro atoms. The minimum atomic E-state index is 0.643. The van der Waals surface area contributed by atoms with Crippen LogP contribution >= 0.6 is 0 Å². The standard InChI is InChI=1S/C32H40N2/c1-5-8-11-13-20-31(25-34-33)26(4)32(29-21-14-18-27(23-29)16-10-7-3)30-22-15-19-28(24-30)17-12-9-6-2/h14-15,18-19,21-24H,5-12,16-17H2,1-4H3. The van der Waals surface area contributed by atoms with E-state index in [1.165, 1.54) is 54.4 Å². The van der Waals surface area contributed by atoms with Crippen LogP contribution in [-0.4, -0.2) is 10.7 Å². The van der Waals surface area contributed by atoms with Gasteiger partial charge in [-0.15, -0.1) is 4.79 Å². The average molecular weight is 453 g/mol. The van der Waals surface area contributed by atoms with Crippen molar-refractivity contribution in [2.45, 2.75) is 91.9 Å². The monoisotopic (exact) mass is 452 g/mol. The highest BCUT2D eigenvalue weighted by Gasteiger charge is 2.14. The molecule has 0 N–H and O–H groups in total. The molecule has 0 unspecified atom stereocenters. The smallest absolute Gasteiger partial charge is 0.317 e. The van der Waals surface area contributed by atoms with Gasteiger partial charge in [0.1, 0.15) is 0 Å². The van der Waals surface area contributed by atoms with Gasteiger partial charge in [0.2, 0.25) is 0 Å². The fraction of sp³-hybridized carbons (Fsp3) is 0.438. The van der Waals surface area contributed by atoms with Gasteiger partial charge in [-0.2, -0.15) is 0 Å². The maximum Gasteiger partial charge on any atom is 0.317 e. The Hall–Kier alpha value is -3.10. The first-order chi connectivity index (χ1) is 16.6. The van der Waals surface area contributed by atoms with E-state index in [-0.39, 0.29) is 0 Å². The molecule has 0 atom stereocenters. The number of rotatable bonds is 12. The molecular weight excluding hydrogens is 412 g/mol. The van der Waals surface area contributed by atoms with Crippen LogP contribution in [0.5, 0.6) is 0 Å². The summed E-state index contributed by atoms with van der Waals surface area (Å²) in [5.41, 5.74) is 17.1. The molecular formula is C32H40N2. The molecule has 178 valence electrons. The minimum absolute atomic E-state index is 0.643. The van der Waals surface area contributed by atoms with E-state index in [1.54, 1.807) is 0 Å². The third-order valence-corrected chi connectivity index (χ3v) is 6.10. The number of aryl methyl sites for hydroxylation is 2. The zero-order valence-electron chi connectivity index (χ0n) is 21.6. The second-order valence-electron chi connectivity index (χ2n) is 8.95. The predicted molar refractivity (Wildman–Crippen MR) is 146 cm³/mol. The van der Waals surface area contributed by atoms with E-state index in [1.807, 2.05) is 0 Å². The SMILES string of the molecule is CCCCC#CC(=C=[N+]=[N-])C(C)=C(c1cccc(CCCC)c1)c1cccc(CCCCC)c1. The van der Waals surface area contributed by atoms with Crippen molar-refractivity contribution in [2.24, 2.45) is 0 Å². The summed E-state index contributed by atoms with van der Waals surface area (Å²) in [4.78, 5) is 3.23. The summed E-state index contributed by atoms with van der Waals surface area (Å²) in [5.74, 6) is 9.22. The molecule has 0 aliphatic heterocycles. The van der Waals surface area contributed by atoms with Crippen molar-refractivity contribution < 1.29 is 4.79 Å². The Bertz CT molecular complexity index is 1100. The van der Waals surface area contributed by atoms with Gasteiger partial charge < -0.3 is 5.53 Å². The molecule has 0 radical (unpaired) electrons. The van der Waals surface area contributed by atoms with Crippen LogP contribution < -0.4 is 0 Å². The molecule has 0 aliphatic carbocycles. The van der Waals surface area contributed by atoms with Gasteiger partial charge in [0.15, 0.2) is 5.57 Å². The highest BCUT2D eigenvalue weighted by atomic mass is 14.8. The second-order valence-corrected chi connectivity index (χ2v) is 8.95. The first-order valence-corrected chi connectivity index (χ1v) is 13.0. The van der Waals surface area contributed by atoms with E-state index >= 15 is 0 Å². The lowest BCUT2D eigenvalue weighted by Crippen LogP contribution is -1.98. The van der Waals surface area contributed by atoms with E-state index in [0.29, 0.717) is 5.57 Å². The molecule has 0 aromatic heterocycles. The highest BCUT2D eigenvalue weighted by molar-refractivity contribution is 5.88. The second kappa shape index (κ2) is 15.7. The number of allylic oxidation sites excluding steroid dienone is 2. The molecule has 0 amide bonds. The number of nitrogens with zero attached hydrogens (tertiary/aromatic N) is 2. The number of hydrogen-bond acceptors (Lipinski definition) is 0. The van der Waals surface area contributed by atoms with Crippen molar-refractivity contribution in [1.29, 1.82) is 0 Å². The Morgan fingerprint density at radius 2 is 1.38 bits per heavy atom. The molecule has 0 bridgehead atoms. The van der Waals surface area contributed by atoms with E-state index in [2.05, 4.69) is 98.7 Å². The average Bonchev–Trinajstić information content (AvgIpc) is 2.85. The molecule has 34 heavy (non-hydrogen) atoms. The Morgan fingerprint density at radius 1 is 0.794 bits per heavy atom. The zero-order valence-corrected chi connectivity index (χ0v) is 21.6. The van der Waals surface area contributed by atoms with Crippen LogP contribution in [0, 0.1) is 11.8 Å². The quantitative estimate of drug-likeness (QED) is 0.0772. The van der Waals surface area contributed by atoms with E-state index in [9.17, 15) is 5.53 Å². The summed E-state index contributed by atoms with van der Waals surface area (Å²) in [6.45, 7) is 8.70. The normalized spacial score (nSPS) is 11.1. The molecule has 0 fully saturated rings. The van der Waals surface area contributed by atoms with Crippen LogP contribution in [0.1, 0.15) is 101 Å². The molecule has 2 nitrogen and oxygen atoms in total. The molecule has 2 aromatic carbocycles. The topological polar surface area (TPSA) is 36.4 Å². The van der Waals surface area contributed by atoms with Crippen molar-refractivity contribution in [3.05, 3.63) is 87.5 Å². The predicted octanol–water partition coefficient (Wildman–Crippen LogP) is 8.60. The summed E-state index contributed by atoms with van der Waals surface area (Å²) in [6.07, 6.45) is 11.2. The number of unbranched alkanes of at least 4 members (excludes halogenated alkanes) is 5. The summed E-state index contributed by atoms with van der Waals surface area (Å²) < 4.78 is 0. The first-order valence-electron chi connectivity index (χ1n) is 13.0. The fourth-order valence-electron chi connectivity index (χ4n) is 4.12. The van der Waals surface area contributed by atoms with Gasteiger partial charge in [-0.3, -0.25) is 0 Å². The highest BCUT2D eigenvalue weighted by Crippen LogP contribution is 2.31. The molecule has 0 saturated heterocycles. The Morgan fingerprint density at radius 3 is 1.94 bits per heavy atom. The van der Waals surface area contributed by atoms with Crippen molar-refractivity contribution in [2.75, 3.05) is 0 Å². The van der Waals surface area contributed by atoms with Crippen LogP contribution in [0.25, 0.3) is 11.1 Å². The van der Waals surface area contributed by atoms with Gasteiger partial charge in [0, 0.05) is 6.42 Å². The van der Waals surface area contributed by atoms with Gasteiger partial charge in [-0.05, 0) is 72.4 Å².